The number of aliphatic hydroxyl groups is 1. The zero-order valence-electron chi connectivity index (χ0n) is 7.19. The third-order valence-electron chi connectivity index (χ3n) is 1.72. The minimum Gasteiger partial charge on any atom is -0.378 e. The van der Waals surface area contributed by atoms with Crippen LogP contribution in [0.3, 0.4) is 0 Å². The predicted octanol–water partition coefficient (Wildman–Crippen LogP) is -0.382. The summed E-state index contributed by atoms with van der Waals surface area (Å²) in [6.07, 6.45) is 0. The van der Waals surface area contributed by atoms with Crippen molar-refractivity contribution in [2.45, 2.75) is 6.92 Å². The van der Waals surface area contributed by atoms with E-state index >= 15 is 0 Å². The number of oxime groups is 1. The van der Waals surface area contributed by atoms with Gasteiger partial charge in [-0.1, -0.05) is 5.16 Å². The normalized spacial score (nSPS) is 19.5. The maximum atomic E-state index is 8.34. The van der Waals surface area contributed by atoms with Crippen LogP contribution in [0.25, 0.3) is 0 Å². The van der Waals surface area contributed by atoms with Gasteiger partial charge in [0.1, 0.15) is 5.84 Å². The van der Waals surface area contributed by atoms with Gasteiger partial charge < -0.3 is 19.6 Å². The van der Waals surface area contributed by atoms with Crippen LogP contribution in [0, 0.1) is 0 Å². The van der Waals surface area contributed by atoms with E-state index in [0.717, 1.165) is 32.1 Å². The van der Waals surface area contributed by atoms with Crippen molar-refractivity contribution in [3.8, 4) is 0 Å². The third kappa shape index (κ3) is 2.67. The highest BCUT2D eigenvalue weighted by atomic mass is 16.7. The van der Waals surface area contributed by atoms with Gasteiger partial charge in [0, 0.05) is 13.1 Å². The first-order valence-electron chi connectivity index (χ1n) is 3.94. The van der Waals surface area contributed by atoms with Crippen LogP contribution in [0.4, 0.5) is 0 Å². The molecular formula is C7H14N2O3. The summed E-state index contributed by atoms with van der Waals surface area (Å²) in [4.78, 5) is 6.56. The van der Waals surface area contributed by atoms with Crippen LogP contribution in [0.1, 0.15) is 6.92 Å². The van der Waals surface area contributed by atoms with Gasteiger partial charge in [-0.2, -0.15) is 0 Å². The molecule has 0 radical (unpaired) electrons. The van der Waals surface area contributed by atoms with Crippen molar-refractivity contribution in [1.29, 1.82) is 0 Å². The van der Waals surface area contributed by atoms with Gasteiger partial charge in [-0.15, -0.1) is 0 Å². The van der Waals surface area contributed by atoms with Gasteiger partial charge in [-0.3, -0.25) is 0 Å². The Bertz CT molecular complexity index is 155. The zero-order chi connectivity index (χ0) is 8.81. The number of ether oxygens (including phenoxy) is 1. The fourth-order valence-electron chi connectivity index (χ4n) is 1.07. The Morgan fingerprint density at radius 3 is 2.83 bits per heavy atom. The van der Waals surface area contributed by atoms with Gasteiger partial charge in [0.15, 0.2) is 0 Å². The first-order valence-corrected chi connectivity index (χ1v) is 3.94. The number of rotatable bonds is 2. The van der Waals surface area contributed by atoms with Crippen LogP contribution in [0.15, 0.2) is 5.16 Å². The average Bonchev–Trinajstić information content (AvgIpc) is 2.15. The van der Waals surface area contributed by atoms with Crippen molar-refractivity contribution < 1.29 is 14.7 Å². The highest BCUT2D eigenvalue weighted by molar-refractivity contribution is 5.79. The molecule has 0 aromatic heterocycles. The molecule has 1 heterocycles. The zero-order valence-corrected chi connectivity index (χ0v) is 7.19. The van der Waals surface area contributed by atoms with Crippen molar-refractivity contribution in [2.24, 2.45) is 5.16 Å². The molecule has 0 unspecified atom stereocenters. The van der Waals surface area contributed by atoms with Gasteiger partial charge in [-0.25, -0.2) is 0 Å². The molecule has 1 aliphatic heterocycles. The summed E-state index contributed by atoms with van der Waals surface area (Å²) >= 11 is 0. The van der Waals surface area contributed by atoms with Crippen molar-refractivity contribution >= 4 is 5.84 Å². The van der Waals surface area contributed by atoms with E-state index < -0.39 is 0 Å². The summed E-state index contributed by atoms with van der Waals surface area (Å²) in [5.74, 6) is 0.785. The van der Waals surface area contributed by atoms with Crippen LogP contribution in [0.2, 0.25) is 0 Å². The highest BCUT2D eigenvalue weighted by Gasteiger charge is 2.11. The average molecular weight is 174 g/mol. The van der Waals surface area contributed by atoms with Gasteiger partial charge >= 0.3 is 0 Å². The Kier molecular flexibility index (Phi) is 3.83. The van der Waals surface area contributed by atoms with Crippen LogP contribution in [-0.4, -0.2) is 48.9 Å². The highest BCUT2D eigenvalue weighted by Crippen LogP contribution is 1.98. The molecule has 0 saturated carbocycles. The molecule has 0 amide bonds. The molecule has 0 aromatic carbocycles. The van der Waals surface area contributed by atoms with E-state index in [4.69, 9.17) is 9.84 Å². The summed E-state index contributed by atoms with van der Waals surface area (Å²) in [6, 6.07) is 0. The van der Waals surface area contributed by atoms with Crippen molar-refractivity contribution in [1.82, 2.24) is 4.90 Å². The second-order valence-electron chi connectivity index (χ2n) is 2.50. The van der Waals surface area contributed by atoms with E-state index in [1.807, 2.05) is 6.92 Å². The van der Waals surface area contributed by atoms with Crippen molar-refractivity contribution in [3.05, 3.63) is 0 Å². The van der Waals surface area contributed by atoms with Crippen LogP contribution in [0.5, 0.6) is 0 Å². The van der Waals surface area contributed by atoms with Gasteiger partial charge in [-0.05, 0) is 6.92 Å². The Labute approximate surface area is 71.6 Å². The first-order chi connectivity index (χ1) is 5.84. The molecule has 0 atom stereocenters. The third-order valence-corrected chi connectivity index (χ3v) is 1.72. The smallest absolute Gasteiger partial charge is 0.214 e. The summed E-state index contributed by atoms with van der Waals surface area (Å²) in [5, 5.41) is 12.0. The summed E-state index contributed by atoms with van der Waals surface area (Å²) < 4.78 is 5.17. The quantitative estimate of drug-likeness (QED) is 0.268. The molecule has 5 nitrogen and oxygen atoms in total. The topological polar surface area (TPSA) is 54.3 Å². The first kappa shape index (κ1) is 9.28. The number of amidine groups is 1. The molecule has 1 fully saturated rings. The maximum Gasteiger partial charge on any atom is 0.214 e. The van der Waals surface area contributed by atoms with E-state index in [2.05, 4.69) is 14.9 Å². The second-order valence-corrected chi connectivity index (χ2v) is 2.50. The van der Waals surface area contributed by atoms with Gasteiger partial charge in [0.25, 0.3) is 0 Å². The predicted molar refractivity (Wildman–Crippen MR) is 43.7 cm³/mol. The number of hydrogen-bond acceptors (Lipinski definition) is 4. The monoisotopic (exact) mass is 174 g/mol. The molecule has 1 rings (SSSR count). The Hall–Kier alpha value is -0.810. The molecule has 12 heavy (non-hydrogen) atoms. The SMILES string of the molecule is C/C(=N\OCO)N1CCOCC1. The van der Waals surface area contributed by atoms with Gasteiger partial charge in [0.2, 0.25) is 6.79 Å². The molecule has 1 aliphatic rings. The van der Waals surface area contributed by atoms with E-state index in [-0.39, 0.29) is 6.79 Å². The molecular weight excluding hydrogens is 160 g/mol. The molecule has 1 N–H and O–H groups in total. The number of aliphatic hydroxyl groups excluding tert-OH is 1. The molecule has 0 spiro atoms. The molecule has 0 aromatic rings. The van der Waals surface area contributed by atoms with Crippen molar-refractivity contribution in [3.63, 3.8) is 0 Å². The van der Waals surface area contributed by atoms with Crippen LogP contribution in [-0.2, 0) is 9.57 Å². The molecule has 0 aliphatic carbocycles. The lowest BCUT2D eigenvalue weighted by atomic mass is 10.4. The largest absolute Gasteiger partial charge is 0.378 e. The summed E-state index contributed by atoms with van der Waals surface area (Å²) in [6.45, 7) is 4.61. The minimum absolute atomic E-state index is 0.373. The number of nitrogens with zero attached hydrogens (tertiary/aromatic N) is 2. The Morgan fingerprint density at radius 2 is 2.25 bits per heavy atom. The standard InChI is InChI=1S/C7H14N2O3/c1-7(8-12-6-10)9-2-4-11-5-3-9/h10H,2-6H2,1H3/b8-7+. The van der Waals surface area contributed by atoms with Gasteiger partial charge in [0.05, 0.1) is 13.2 Å². The lowest BCUT2D eigenvalue weighted by Gasteiger charge is -2.27. The van der Waals surface area contributed by atoms with Crippen molar-refractivity contribution in [2.75, 3.05) is 33.1 Å². The minimum atomic E-state index is -0.373. The number of hydrogen-bond donors (Lipinski definition) is 1. The summed E-state index contributed by atoms with van der Waals surface area (Å²) in [5.41, 5.74) is 0. The van der Waals surface area contributed by atoms with E-state index in [1.165, 1.54) is 0 Å². The fraction of sp³-hybridized carbons (Fsp3) is 0.857. The van der Waals surface area contributed by atoms with Crippen LogP contribution < -0.4 is 0 Å². The molecule has 0 bridgehead atoms. The van der Waals surface area contributed by atoms with E-state index in [9.17, 15) is 0 Å². The fourth-order valence-corrected chi connectivity index (χ4v) is 1.07. The lowest BCUT2D eigenvalue weighted by molar-refractivity contribution is -0.00212. The number of morpholine rings is 1. The van der Waals surface area contributed by atoms with Crippen LogP contribution >= 0.6 is 0 Å². The second kappa shape index (κ2) is 4.95. The Balaban J connectivity index is 2.33. The molecule has 1 saturated heterocycles. The summed E-state index contributed by atoms with van der Waals surface area (Å²) in [7, 11) is 0. The molecule has 70 valence electrons. The Morgan fingerprint density at radius 1 is 1.58 bits per heavy atom. The lowest BCUT2D eigenvalue weighted by Crippen LogP contribution is -2.39. The maximum absolute atomic E-state index is 8.34. The molecule has 5 heteroatoms. The van der Waals surface area contributed by atoms with E-state index in [1.54, 1.807) is 0 Å². The van der Waals surface area contributed by atoms with E-state index in [0.29, 0.717) is 0 Å².